The second-order valence-corrected chi connectivity index (χ2v) is 6.10. The molecule has 6 nitrogen and oxygen atoms in total. The van der Waals surface area contributed by atoms with Crippen LogP contribution in [0, 0.1) is 11.6 Å². The standard InChI is InChI=1S/C19H23F2N3O3/c1-4-15(5-2)24(19(26)12-7-13(20)9-14(21)8-12)11-16-10-17(23-27-16)18(25)22-6-3/h7-10,15H,4-6,11H2,1-3H3,(H,22,25). The van der Waals surface area contributed by atoms with Gasteiger partial charge in [-0.15, -0.1) is 0 Å². The molecule has 8 heteroatoms. The van der Waals surface area contributed by atoms with Gasteiger partial charge >= 0.3 is 0 Å². The lowest BCUT2D eigenvalue weighted by Crippen LogP contribution is -2.39. The van der Waals surface area contributed by atoms with E-state index < -0.39 is 17.5 Å². The largest absolute Gasteiger partial charge is 0.359 e. The number of hydrogen-bond acceptors (Lipinski definition) is 4. The molecule has 0 saturated heterocycles. The number of aromatic nitrogens is 1. The van der Waals surface area contributed by atoms with Crippen LogP contribution in [-0.2, 0) is 6.54 Å². The minimum atomic E-state index is -0.818. The fraction of sp³-hybridized carbons (Fsp3) is 0.421. The number of nitrogens with one attached hydrogen (secondary N) is 1. The molecule has 0 saturated carbocycles. The van der Waals surface area contributed by atoms with Crippen molar-refractivity contribution in [2.45, 2.75) is 46.2 Å². The molecule has 146 valence electrons. The molecule has 0 aliphatic rings. The summed E-state index contributed by atoms with van der Waals surface area (Å²) < 4.78 is 32.2. The molecule has 0 atom stereocenters. The zero-order valence-electron chi connectivity index (χ0n) is 15.6. The highest BCUT2D eigenvalue weighted by Crippen LogP contribution is 2.19. The molecule has 1 heterocycles. The molecular weight excluding hydrogens is 356 g/mol. The van der Waals surface area contributed by atoms with Crippen molar-refractivity contribution >= 4 is 11.8 Å². The molecule has 0 fully saturated rings. The number of hydrogen-bond donors (Lipinski definition) is 1. The van der Waals surface area contributed by atoms with E-state index in [1.165, 1.54) is 11.0 Å². The second-order valence-electron chi connectivity index (χ2n) is 6.10. The van der Waals surface area contributed by atoms with Crippen LogP contribution in [0.5, 0.6) is 0 Å². The number of carbonyl (C=O) groups excluding carboxylic acids is 2. The third-order valence-electron chi connectivity index (χ3n) is 4.21. The van der Waals surface area contributed by atoms with Crippen molar-refractivity contribution in [2.24, 2.45) is 0 Å². The van der Waals surface area contributed by atoms with E-state index in [2.05, 4.69) is 10.5 Å². The number of carbonyl (C=O) groups is 2. The van der Waals surface area contributed by atoms with E-state index in [4.69, 9.17) is 4.52 Å². The molecule has 1 aromatic carbocycles. The number of benzene rings is 1. The Hall–Kier alpha value is -2.77. The fourth-order valence-electron chi connectivity index (χ4n) is 2.85. The highest BCUT2D eigenvalue weighted by atomic mass is 19.1. The smallest absolute Gasteiger partial charge is 0.273 e. The van der Waals surface area contributed by atoms with Crippen LogP contribution in [0.4, 0.5) is 8.78 Å². The molecule has 2 amide bonds. The molecule has 0 unspecified atom stereocenters. The number of nitrogens with zero attached hydrogens (tertiary/aromatic N) is 2. The summed E-state index contributed by atoms with van der Waals surface area (Å²) in [6.45, 7) is 6.10. The van der Waals surface area contributed by atoms with Gasteiger partial charge in [-0.3, -0.25) is 9.59 Å². The Labute approximate surface area is 156 Å². The van der Waals surface area contributed by atoms with E-state index in [0.29, 0.717) is 31.2 Å². The molecular formula is C19H23F2N3O3. The lowest BCUT2D eigenvalue weighted by atomic mass is 10.1. The number of rotatable bonds is 8. The number of halogens is 2. The van der Waals surface area contributed by atoms with Crippen LogP contribution in [0.3, 0.4) is 0 Å². The Morgan fingerprint density at radius 2 is 1.74 bits per heavy atom. The minimum Gasteiger partial charge on any atom is -0.359 e. The van der Waals surface area contributed by atoms with E-state index in [1.807, 2.05) is 13.8 Å². The molecule has 2 aromatic rings. The first kappa shape index (κ1) is 20.5. The van der Waals surface area contributed by atoms with E-state index in [0.717, 1.165) is 12.1 Å². The lowest BCUT2D eigenvalue weighted by molar-refractivity contribution is 0.0626. The molecule has 0 aliphatic heterocycles. The summed E-state index contributed by atoms with van der Waals surface area (Å²) in [5, 5.41) is 6.32. The zero-order chi connectivity index (χ0) is 20.0. The average molecular weight is 379 g/mol. The first-order valence-corrected chi connectivity index (χ1v) is 8.90. The molecule has 0 aliphatic carbocycles. The first-order chi connectivity index (χ1) is 12.9. The van der Waals surface area contributed by atoms with Crippen LogP contribution in [0.2, 0.25) is 0 Å². The Morgan fingerprint density at radius 3 is 2.30 bits per heavy atom. The molecule has 0 spiro atoms. The van der Waals surface area contributed by atoms with E-state index in [-0.39, 0.29) is 29.8 Å². The van der Waals surface area contributed by atoms with Gasteiger partial charge in [0.15, 0.2) is 11.5 Å². The van der Waals surface area contributed by atoms with Crippen LogP contribution in [-0.4, -0.2) is 34.5 Å². The third kappa shape index (κ3) is 5.12. The van der Waals surface area contributed by atoms with Gasteiger partial charge in [0.25, 0.3) is 11.8 Å². The lowest BCUT2D eigenvalue weighted by Gasteiger charge is -2.29. The predicted octanol–water partition coefficient (Wildman–Crippen LogP) is 3.53. The van der Waals surface area contributed by atoms with E-state index in [9.17, 15) is 18.4 Å². The van der Waals surface area contributed by atoms with Crippen molar-refractivity contribution in [1.82, 2.24) is 15.4 Å². The van der Waals surface area contributed by atoms with E-state index >= 15 is 0 Å². The monoisotopic (exact) mass is 379 g/mol. The van der Waals surface area contributed by atoms with Crippen LogP contribution in [0.15, 0.2) is 28.8 Å². The van der Waals surface area contributed by atoms with Crippen LogP contribution >= 0.6 is 0 Å². The second kappa shape index (κ2) is 9.25. The van der Waals surface area contributed by atoms with Crippen molar-refractivity contribution in [3.05, 3.63) is 52.9 Å². The summed E-state index contributed by atoms with van der Waals surface area (Å²) >= 11 is 0. The summed E-state index contributed by atoms with van der Waals surface area (Å²) in [5.41, 5.74) is 0.0310. The van der Waals surface area contributed by atoms with E-state index in [1.54, 1.807) is 6.92 Å². The van der Waals surface area contributed by atoms with Crippen LogP contribution in [0.1, 0.15) is 60.2 Å². The van der Waals surface area contributed by atoms with Gasteiger partial charge < -0.3 is 14.7 Å². The highest BCUT2D eigenvalue weighted by molar-refractivity contribution is 5.94. The van der Waals surface area contributed by atoms with Crippen molar-refractivity contribution in [3.63, 3.8) is 0 Å². The normalized spacial score (nSPS) is 10.9. The van der Waals surface area contributed by atoms with Crippen molar-refractivity contribution in [3.8, 4) is 0 Å². The first-order valence-electron chi connectivity index (χ1n) is 8.90. The minimum absolute atomic E-state index is 0.0374. The summed E-state index contributed by atoms with van der Waals surface area (Å²) in [4.78, 5) is 26.2. The summed E-state index contributed by atoms with van der Waals surface area (Å²) in [7, 11) is 0. The number of amides is 2. The summed E-state index contributed by atoms with van der Waals surface area (Å²) in [6, 6.07) is 4.01. The van der Waals surface area contributed by atoms with Crippen LogP contribution < -0.4 is 5.32 Å². The van der Waals surface area contributed by atoms with Crippen LogP contribution in [0.25, 0.3) is 0 Å². The fourth-order valence-corrected chi connectivity index (χ4v) is 2.85. The van der Waals surface area contributed by atoms with Gasteiger partial charge in [0, 0.05) is 30.3 Å². The van der Waals surface area contributed by atoms with Gasteiger partial charge in [-0.25, -0.2) is 8.78 Å². The highest BCUT2D eigenvalue weighted by Gasteiger charge is 2.25. The van der Waals surface area contributed by atoms with Gasteiger partial charge in [0.2, 0.25) is 0 Å². The Kier molecular flexibility index (Phi) is 7.04. The molecule has 1 aromatic heterocycles. The maximum absolute atomic E-state index is 13.5. The summed E-state index contributed by atoms with van der Waals surface area (Å²) in [6.07, 6.45) is 1.30. The van der Waals surface area contributed by atoms with Crippen molar-refractivity contribution < 1.29 is 22.9 Å². The maximum Gasteiger partial charge on any atom is 0.273 e. The molecule has 2 rings (SSSR count). The quantitative estimate of drug-likeness (QED) is 0.761. The van der Waals surface area contributed by atoms with Crippen molar-refractivity contribution in [2.75, 3.05) is 6.54 Å². The third-order valence-corrected chi connectivity index (χ3v) is 4.21. The average Bonchev–Trinajstić information content (AvgIpc) is 3.09. The zero-order valence-corrected chi connectivity index (χ0v) is 15.6. The molecule has 1 N–H and O–H groups in total. The Balaban J connectivity index is 2.29. The van der Waals surface area contributed by atoms with Gasteiger partial charge in [0.1, 0.15) is 11.6 Å². The van der Waals surface area contributed by atoms with Gasteiger partial charge in [-0.2, -0.15) is 0 Å². The molecule has 27 heavy (non-hydrogen) atoms. The Morgan fingerprint density at radius 1 is 1.11 bits per heavy atom. The maximum atomic E-state index is 13.5. The molecule has 0 bridgehead atoms. The van der Waals surface area contributed by atoms with Crippen molar-refractivity contribution in [1.29, 1.82) is 0 Å². The molecule has 0 radical (unpaired) electrons. The Bertz CT molecular complexity index is 783. The van der Waals surface area contributed by atoms with Gasteiger partial charge in [0.05, 0.1) is 6.54 Å². The van der Waals surface area contributed by atoms with Gasteiger partial charge in [-0.05, 0) is 31.9 Å². The predicted molar refractivity (Wildman–Crippen MR) is 95.1 cm³/mol. The SMILES string of the molecule is CCNC(=O)c1cc(CN(C(=O)c2cc(F)cc(F)c2)C(CC)CC)on1. The summed E-state index contributed by atoms with van der Waals surface area (Å²) in [5.74, 6) is -2.21. The van der Waals surface area contributed by atoms with Gasteiger partial charge in [-0.1, -0.05) is 19.0 Å². The topological polar surface area (TPSA) is 75.4 Å².